The van der Waals surface area contributed by atoms with Crippen LogP contribution in [0, 0.1) is 27.4 Å². The summed E-state index contributed by atoms with van der Waals surface area (Å²) in [4.78, 5) is 22.3. The first-order valence-corrected chi connectivity index (χ1v) is 6.91. The van der Waals surface area contributed by atoms with Gasteiger partial charge in [0, 0.05) is 0 Å². The minimum atomic E-state index is -1.04. The predicted molar refractivity (Wildman–Crippen MR) is 82.1 cm³/mol. The summed E-state index contributed by atoms with van der Waals surface area (Å²) in [6.45, 7) is 4.78. The summed E-state index contributed by atoms with van der Waals surface area (Å²) in [5.74, 6) is -0.376. The van der Waals surface area contributed by atoms with Crippen molar-refractivity contribution in [3.05, 3.63) is 28.3 Å². The number of ether oxygens (including phenoxy) is 2. The zero-order chi connectivity index (χ0) is 17.6. The Bertz CT molecular complexity index is 638. The lowest BCUT2D eigenvalue weighted by atomic mass is 9.90. The Balaban J connectivity index is 2.81. The second-order valence-electron chi connectivity index (χ2n) is 5.40. The van der Waals surface area contributed by atoms with Crippen LogP contribution in [-0.2, 0) is 4.79 Å². The fraction of sp³-hybridized carbons (Fsp3) is 0.467. The molecule has 1 atom stereocenters. The van der Waals surface area contributed by atoms with Gasteiger partial charge in [-0.25, -0.2) is 0 Å². The standard InChI is InChI=1S/C15H19N3O5/c1-10(2)15(3,9-16)17-14(19)8-23-13-6-5-11(22-4)7-12(13)18(20)21/h5-7,10H,8H2,1-4H3,(H,17,19)/t15-/m1/s1. The highest BCUT2D eigenvalue weighted by molar-refractivity contribution is 5.79. The Labute approximate surface area is 134 Å². The molecule has 0 radical (unpaired) electrons. The molecule has 23 heavy (non-hydrogen) atoms. The molecule has 8 heteroatoms. The molecule has 1 aromatic rings. The van der Waals surface area contributed by atoms with Crippen molar-refractivity contribution in [2.24, 2.45) is 5.92 Å². The van der Waals surface area contributed by atoms with E-state index in [4.69, 9.17) is 14.7 Å². The van der Waals surface area contributed by atoms with Gasteiger partial charge in [-0.2, -0.15) is 5.26 Å². The maximum absolute atomic E-state index is 11.9. The number of methoxy groups -OCH3 is 1. The number of hydrogen-bond donors (Lipinski definition) is 1. The third kappa shape index (κ3) is 4.57. The largest absolute Gasteiger partial charge is 0.496 e. The molecular formula is C15H19N3O5. The maximum atomic E-state index is 11.9. The molecule has 0 aliphatic carbocycles. The fourth-order valence-corrected chi connectivity index (χ4v) is 1.66. The SMILES string of the molecule is COc1ccc(OCC(=O)N[C@](C)(C#N)C(C)C)c([N+](=O)[O-])c1. The van der Waals surface area contributed by atoms with Crippen LogP contribution in [0.2, 0.25) is 0 Å². The van der Waals surface area contributed by atoms with E-state index in [2.05, 4.69) is 5.32 Å². The van der Waals surface area contributed by atoms with Crippen molar-refractivity contribution < 1.29 is 19.2 Å². The molecular weight excluding hydrogens is 302 g/mol. The van der Waals surface area contributed by atoms with Crippen molar-refractivity contribution >= 4 is 11.6 Å². The quantitative estimate of drug-likeness (QED) is 0.607. The van der Waals surface area contributed by atoms with Crippen LogP contribution >= 0.6 is 0 Å². The zero-order valence-corrected chi connectivity index (χ0v) is 13.5. The molecule has 0 aliphatic rings. The summed E-state index contributed by atoms with van der Waals surface area (Å²) in [5.41, 5.74) is -1.34. The van der Waals surface area contributed by atoms with Crippen molar-refractivity contribution in [1.82, 2.24) is 5.32 Å². The van der Waals surface area contributed by atoms with Crippen molar-refractivity contribution in [3.63, 3.8) is 0 Å². The van der Waals surface area contributed by atoms with Crippen LogP contribution in [0.25, 0.3) is 0 Å². The highest BCUT2D eigenvalue weighted by Crippen LogP contribution is 2.30. The molecule has 0 fully saturated rings. The lowest BCUT2D eigenvalue weighted by Crippen LogP contribution is -2.50. The van der Waals surface area contributed by atoms with E-state index >= 15 is 0 Å². The van der Waals surface area contributed by atoms with Crippen LogP contribution in [0.3, 0.4) is 0 Å². The molecule has 0 aliphatic heterocycles. The summed E-state index contributed by atoms with van der Waals surface area (Å²) in [6, 6.07) is 6.10. The molecule has 0 spiro atoms. The van der Waals surface area contributed by atoms with Gasteiger partial charge in [-0.15, -0.1) is 0 Å². The number of carbonyl (C=O) groups excluding carboxylic acids is 1. The molecule has 1 aromatic carbocycles. The van der Waals surface area contributed by atoms with Crippen molar-refractivity contribution in [1.29, 1.82) is 5.26 Å². The Morgan fingerprint density at radius 1 is 1.52 bits per heavy atom. The second kappa shape index (κ2) is 7.45. The van der Waals surface area contributed by atoms with Crippen LogP contribution in [0.15, 0.2) is 18.2 Å². The van der Waals surface area contributed by atoms with Crippen molar-refractivity contribution in [2.45, 2.75) is 26.3 Å². The van der Waals surface area contributed by atoms with Gasteiger partial charge in [0.2, 0.25) is 0 Å². The van der Waals surface area contributed by atoms with Gasteiger partial charge in [-0.05, 0) is 25.0 Å². The molecule has 0 aromatic heterocycles. The van der Waals surface area contributed by atoms with Crippen molar-refractivity contribution in [2.75, 3.05) is 13.7 Å². The average molecular weight is 321 g/mol. The zero-order valence-electron chi connectivity index (χ0n) is 13.5. The highest BCUT2D eigenvalue weighted by Gasteiger charge is 2.30. The number of nitrogens with one attached hydrogen (secondary N) is 1. The summed E-state index contributed by atoms with van der Waals surface area (Å²) < 4.78 is 10.1. The molecule has 0 saturated heterocycles. The smallest absolute Gasteiger partial charge is 0.314 e. The summed E-state index contributed by atoms with van der Waals surface area (Å²) in [5, 5.41) is 22.7. The number of rotatable bonds is 7. The predicted octanol–water partition coefficient (Wildman–Crippen LogP) is 2.04. The van der Waals surface area contributed by atoms with E-state index in [0.29, 0.717) is 5.75 Å². The van der Waals surface area contributed by atoms with Crippen LogP contribution in [0.5, 0.6) is 11.5 Å². The van der Waals surface area contributed by atoms with E-state index in [1.54, 1.807) is 20.8 Å². The molecule has 0 bridgehead atoms. The lowest BCUT2D eigenvalue weighted by molar-refractivity contribution is -0.385. The second-order valence-corrected chi connectivity index (χ2v) is 5.40. The number of hydrogen-bond acceptors (Lipinski definition) is 6. The number of amides is 1. The van der Waals surface area contributed by atoms with Gasteiger partial charge in [0.25, 0.3) is 5.91 Å². The first-order chi connectivity index (χ1) is 10.7. The van der Waals surface area contributed by atoms with Crippen LogP contribution in [0.4, 0.5) is 5.69 Å². The first-order valence-electron chi connectivity index (χ1n) is 6.91. The van der Waals surface area contributed by atoms with Gasteiger partial charge in [-0.3, -0.25) is 14.9 Å². The molecule has 0 heterocycles. The molecule has 1 N–H and O–H groups in total. The fourth-order valence-electron chi connectivity index (χ4n) is 1.66. The number of nitrogens with zero attached hydrogens (tertiary/aromatic N) is 2. The Hall–Kier alpha value is -2.82. The number of benzene rings is 1. The average Bonchev–Trinajstić information content (AvgIpc) is 2.52. The molecule has 0 unspecified atom stereocenters. The van der Waals surface area contributed by atoms with E-state index in [0.717, 1.165) is 0 Å². The minimum Gasteiger partial charge on any atom is -0.496 e. The van der Waals surface area contributed by atoms with Crippen molar-refractivity contribution in [3.8, 4) is 17.6 Å². The van der Waals surface area contributed by atoms with Gasteiger partial charge >= 0.3 is 5.69 Å². The Morgan fingerprint density at radius 2 is 2.17 bits per heavy atom. The Morgan fingerprint density at radius 3 is 2.65 bits per heavy atom. The van der Waals surface area contributed by atoms with Crippen LogP contribution in [0.1, 0.15) is 20.8 Å². The molecule has 8 nitrogen and oxygen atoms in total. The van der Waals surface area contributed by atoms with E-state index < -0.39 is 23.0 Å². The normalized spacial score (nSPS) is 12.9. The highest BCUT2D eigenvalue weighted by atomic mass is 16.6. The summed E-state index contributed by atoms with van der Waals surface area (Å²) >= 11 is 0. The van der Waals surface area contributed by atoms with Gasteiger partial charge in [0.1, 0.15) is 11.3 Å². The van der Waals surface area contributed by atoms with Gasteiger partial charge < -0.3 is 14.8 Å². The topological polar surface area (TPSA) is 114 Å². The monoisotopic (exact) mass is 321 g/mol. The van der Waals surface area contributed by atoms with Crippen LogP contribution < -0.4 is 14.8 Å². The number of nitro benzene ring substituents is 1. The summed E-state index contributed by atoms with van der Waals surface area (Å²) in [6.07, 6.45) is 0. The third-order valence-electron chi connectivity index (χ3n) is 3.51. The van der Waals surface area contributed by atoms with E-state index in [-0.39, 0.29) is 17.4 Å². The number of nitriles is 1. The summed E-state index contributed by atoms with van der Waals surface area (Å²) in [7, 11) is 1.39. The number of nitro groups is 1. The molecule has 1 rings (SSSR count). The van der Waals surface area contributed by atoms with Gasteiger partial charge in [0.15, 0.2) is 12.4 Å². The molecule has 124 valence electrons. The lowest BCUT2D eigenvalue weighted by Gasteiger charge is -2.27. The van der Waals surface area contributed by atoms with E-state index in [1.807, 2.05) is 6.07 Å². The minimum absolute atomic E-state index is 0.0471. The van der Waals surface area contributed by atoms with Gasteiger partial charge in [-0.1, -0.05) is 13.8 Å². The maximum Gasteiger partial charge on any atom is 0.314 e. The van der Waals surface area contributed by atoms with E-state index in [9.17, 15) is 14.9 Å². The van der Waals surface area contributed by atoms with Gasteiger partial charge in [0.05, 0.1) is 24.2 Å². The number of carbonyl (C=O) groups is 1. The Kier molecular flexibility index (Phi) is 5.90. The third-order valence-corrected chi connectivity index (χ3v) is 3.51. The van der Waals surface area contributed by atoms with E-state index in [1.165, 1.54) is 25.3 Å². The first kappa shape index (κ1) is 18.2. The molecule has 1 amide bonds. The van der Waals surface area contributed by atoms with Crippen LogP contribution in [-0.4, -0.2) is 30.1 Å². The molecule has 0 saturated carbocycles.